The van der Waals surface area contributed by atoms with Gasteiger partial charge in [-0.05, 0) is 12.8 Å². The van der Waals surface area contributed by atoms with Crippen LogP contribution in [0.2, 0.25) is 0 Å². The summed E-state index contributed by atoms with van der Waals surface area (Å²) in [5.41, 5.74) is 0. The molecule has 158 valence electrons. The molecule has 0 aliphatic rings. The van der Waals surface area contributed by atoms with Crippen LogP contribution in [0.5, 0.6) is 0 Å². The largest absolute Gasteiger partial charge is 0.472 e. The molecule has 0 saturated carbocycles. The predicted molar refractivity (Wildman–Crippen MR) is 107 cm³/mol. The second-order valence-corrected chi connectivity index (χ2v) is 8.54. The normalized spacial score (nSPS) is 11.5. The SMILES string of the molecule is CCCCCCCCCCOP(=O)(O)OCCCCCCCCCC.[Mo]. The third kappa shape index (κ3) is 22.8. The van der Waals surface area contributed by atoms with E-state index in [0.717, 1.165) is 25.7 Å². The van der Waals surface area contributed by atoms with Gasteiger partial charge in [-0.15, -0.1) is 0 Å². The van der Waals surface area contributed by atoms with Crippen molar-refractivity contribution < 1.29 is 39.6 Å². The minimum absolute atomic E-state index is 0. The summed E-state index contributed by atoms with van der Waals surface area (Å²) in [4.78, 5) is 9.63. The standard InChI is InChI=1S/C20H43O4P.Mo/c1-3-5-7-9-11-13-15-17-19-23-25(21,22)24-20-18-16-14-12-10-8-6-4-2;/h3-20H2,1-2H3,(H,21,22);. The molecule has 4 nitrogen and oxygen atoms in total. The second kappa shape index (κ2) is 22.1. The van der Waals surface area contributed by atoms with Crippen molar-refractivity contribution in [2.45, 2.75) is 117 Å². The van der Waals surface area contributed by atoms with E-state index in [1.54, 1.807) is 0 Å². The first-order chi connectivity index (χ1) is 12.1. The quantitative estimate of drug-likeness (QED) is 0.113. The fraction of sp³-hybridized carbons (Fsp3) is 1.00. The van der Waals surface area contributed by atoms with Crippen LogP contribution >= 0.6 is 7.82 Å². The summed E-state index contributed by atoms with van der Waals surface area (Å²) in [6, 6.07) is 0. The summed E-state index contributed by atoms with van der Waals surface area (Å²) >= 11 is 0. The van der Waals surface area contributed by atoms with E-state index < -0.39 is 7.82 Å². The van der Waals surface area contributed by atoms with E-state index in [0.29, 0.717) is 13.2 Å². The number of phosphoric acid groups is 1. The minimum atomic E-state index is -3.83. The zero-order valence-corrected chi connectivity index (χ0v) is 20.2. The maximum Gasteiger partial charge on any atom is 0.472 e. The van der Waals surface area contributed by atoms with Crippen LogP contribution in [0.15, 0.2) is 0 Å². The first-order valence-corrected chi connectivity index (χ1v) is 12.2. The molecule has 0 aliphatic carbocycles. The first-order valence-electron chi connectivity index (χ1n) is 10.7. The average Bonchev–Trinajstić information content (AvgIpc) is 2.59. The van der Waals surface area contributed by atoms with Crippen LogP contribution in [-0.2, 0) is 34.7 Å². The van der Waals surface area contributed by atoms with Crippen molar-refractivity contribution in [2.24, 2.45) is 0 Å². The van der Waals surface area contributed by atoms with E-state index in [2.05, 4.69) is 13.8 Å². The van der Waals surface area contributed by atoms with Gasteiger partial charge in [0.25, 0.3) is 0 Å². The zero-order chi connectivity index (χ0) is 18.6. The van der Waals surface area contributed by atoms with Gasteiger partial charge >= 0.3 is 7.82 Å². The molecule has 0 saturated heterocycles. The van der Waals surface area contributed by atoms with Gasteiger partial charge in [0.2, 0.25) is 0 Å². The molecule has 0 bridgehead atoms. The summed E-state index contributed by atoms with van der Waals surface area (Å²) in [6.07, 6.45) is 19.1. The molecule has 0 aromatic rings. The Bertz CT molecular complexity index is 290. The van der Waals surface area contributed by atoms with Gasteiger partial charge < -0.3 is 4.89 Å². The van der Waals surface area contributed by atoms with Gasteiger partial charge in [-0.2, -0.15) is 0 Å². The molecule has 0 rings (SSSR count). The van der Waals surface area contributed by atoms with Gasteiger partial charge in [0.05, 0.1) is 13.2 Å². The molecule has 0 aromatic carbocycles. The molecule has 0 aliphatic heterocycles. The second-order valence-electron chi connectivity index (χ2n) is 7.08. The first kappa shape index (κ1) is 29.0. The van der Waals surface area contributed by atoms with Crippen molar-refractivity contribution in [3.8, 4) is 0 Å². The van der Waals surface area contributed by atoms with E-state index >= 15 is 0 Å². The number of hydrogen-bond donors (Lipinski definition) is 1. The Labute approximate surface area is 177 Å². The Morgan fingerprint density at radius 3 is 1.15 bits per heavy atom. The van der Waals surface area contributed by atoms with Crippen LogP contribution in [0.1, 0.15) is 117 Å². The topological polar surface area (TPSA) is 55.8 Å². The van der Waals surface area contributed by atoms with E-state index in [-0.39, 0.29) is 21.1 Å². The molecule has 26 heavy (non-hydrogen) atoms. The smallest absolute Gasteiger partial charge is 0.302 e. The van der Waals surface area contributed by atoms with E-state index in [1.807, 2.05) is 0 Å². The Kier molecular flexibility index (Phi) is 24.6. The Hall–Kier alpha value is 0.798. The monoisotopic (exact) mass is 476 g/mol. The van der Waals surface area contributed by atoms with Crippen molar-refractivity contribution in [1.29, 1.82) is 0 Å². The van der Waals surface area contributed by atoms with Crippen LogP contribution in [0.3, 0.4) is 0 Å². The summed E-state index contributed by atoms with van der Waals surface area (Å²) in [5.74, 6) is 0. The van der Waals surface area contributed by atoms with Gasteiger partial charge in [-0.3, -0.25) is 9.05 Å². The van der Waals surface area contributed by atoms with Gasteiger partial charge in [0.15, 0.2) is 0 Å². The fourth-order valence-corrected chi connectivity index (χ4v) is 3.66. The molecule has 0 spiro atoms. The number of rotatable bonds is 20. The van der Waals surface area contributed by atoms with Crippen LogP contribution in [0.25, 0.3) is 0 Å². The van der Waals surface area contributed by atoms with Crippen molar-refractivity contribution >= 4 is 7.82 Å². The Morgan fingerprint density at radius 1 is 0.577 bits per heavy atom. The van der Waals surface area contributed by atoms with E-state index in [4.69, 9.17) is 9.05 Å². The summed E-state index contributed by atoms with van der Waals surface area (Å²) in [5, 5.41) is 0. The zero-order valence-electron chi connectivity index (χ0n) is 17.3. The third-order valence-corrected chi connectivity index (χ3v) is 5.52. The predicted octanol–water partition coefficient (Wildman–Crippen LogP) is 7.40. The molecule has 0 heterocycles. The van der Waals surface area contributed by atoms with Gasteiger partial charge in [-0.25, -0.2) is 4.57 Å². The minimum Gasteiger partial charge on any atom is -0.302 e. The maximum atomic E-state index is 11.7. The Balaban J connectivity index is 0. The number of phosphoric ester groups is 1. The van der Waals surface area contributed by atoms with Crippen LogP contribution in [-0.4, -0.2) is 18.1 Å². The molecule has 0 amide bonds. The molecule has 6 heteroatoms. The van der Waals surface area contributed by atoms with Crippen molar-refractivity contribution in [3.63, 3.8) is 0 Å². The summed E-state index contributed by atoms with van der Waals surface area (Å²) in [7, 11) is -3.83. The average molecular weight is 474 g/mol. The summed E-state index contributed by atoms with van der Waals surface area (Å²) < 4.78 is 21.8. The molecular formula is C20H43MoO4P. The van der Waals surface area contributed by atoms with E-state index in [1.165, 1.54) is 77.0 Å². The van der Waals surface area contributed by atoms with Crippen molar-refractivity contribution in [3.05, 3.63) is 0 Å². The maximum absolute atomic E-state index is 11.7. The molecule has 0 fully saturated rings. The van der Waals surface area contributed by atoms with Gasteiger partial charge in [-0.1, -0.05) is 104 Å². The van der Waals surface area contributed by atoms with Crippen LogP contribution in [0, 0.1) is 0 Å². The third-order valence-electron chi connectivity index (χ3n) is 4.50. The van der Waals surface area contributed by atoms with E-state index in [9.17, 15) is 9.46 Å². The molecular weight excluding hydrogens is 431 g/mol. The molecule has 0 aromatic heterocycles. The molecule has 0 unspecified atom stereocenters. The van der Waals surface area contributed by atoms with Crippen molar-refractivity contribution in [2.75, 3.05) is 13.2 Å². The molecule has 0 radical (unpaired) electrons. The number of hydrogen-bond acceptors (Lipinski definition) is 3. The summed E-state index contributed by atoms with van der Waals surface area (Å²) in [6.45, 7) is 5.09. The van der Waals surface area contributed by atoms with Crippen molar-refractivity contribution in [1.82, 2.24) is 0 Å². The van der Waals surface area contributed by atoms with Gasteiger partial charge in [0.1, 0.15) is 0 Å². The van der Waals surface area contributed by atoms with Crippen LogP contribution in [0.4, 0.5) is 0 Å². The molecule has 1 N–H and O–H groups in total. The van der Waals surface area contributed by atoms with Crippen LogP contribution < -0.4 is 0 Å². The number of unbranched alkanes of at least 4 members (excludes halogenated alkanes) is 14. The molecule has 0 atom stereocenters. The fourth-order valence-electron chi connectivity index (χ4n) is 2.87. The Morgan fingerprint density at radius 2 is 0.846 bits per heavy atom. The van der Waals surface area contributed by atoms with Gasteiger partial charge in [0, 0.05) is 21.1 Å².